The molecule has 0 radical (unpaired) electrons. The number of likely N-dealkylation sites (tertiary alicyclic amines) is 2. The minimum atomic E-state index is -0.314. The number of carbonyl (C=O) groups excluding carboxylic acids is 2. The van der Waals surface area contributed by atoms with Gasteiger partial charge < -0.3 is 19.3 Å². The molecule has 0 bridgehead atoms. The number of aromatic nitrogens is 2. The number of β-lactam (4-membered cyclic amide) rings is 1. The highest BCUT2D eigenvalue weighted by molar-refractivity contribution is 5.92. The highest BCUT2D eigenvalue weighted by atomic mass is 16.5. The van der Waals surface area contributed by atoms with Crippen LogP contribution in [0.25, 0.3) is 0 Å². The van der Waals surface area contributed by atoms with Crippen molar-refractivity contribution < 1.29 is 19.1 Å². The van der Waals surface area contributed by atoms with Crippen LogP contribution in [0.1, 0.15) is 49.0 Å². The third-order valence-corrected chi connectivity index (χ3v) is 6.88. The monoisotopic (exact) mass is 400 g/mol. The largest absolute Gasteiger partial charge is 0.381 e. The summed E-state index contributed by atoms with van der Waals surface area (Å²) in [6.07, 6.45) is 9.99. The zero-order chi connectivity index (χ0) is 19.8. The molecule has 1 aliphatic carbocycles. The van der Waals surface area contributed by atoms with E-state index in [1.54, 1.807) is 6.20 Å². The molecule has 3 saturated heterocycles. The van der Waals surface area contributed by atoms with E-state index >= 15 is 0 Å². The van der Waals surface area contributed by atoms with Crippen molar-refractivity contribution in [1.82, 2.24) is 19.8 Å². The zero-order valence-electron chi connectivity index (χ0n) is 16.7. The molecule has 8 heteroatoms. The number of piperidine rings is 1. The molecule has 1 aromatic heterocycles. The lowest BCUT2D eigenvalue weighted by Gasteiger charge is -2.62. The van der Waals surface area contributed by atoms with Gasteiger partial charge in [-0.25, -0.2) is 4.98 Å². The molecule has 0 aromatic carbocycles. The van der Waals surface area contributed by atoms with Crippen molar-refractivity contribution in [3.63, 3.8) is 0 Å². The summed E-state index contributed by atoms with van der Waals surface area (Å²) in [6, 6.07) is 0.160. The van der Waals surface area contributed by atoms with Crippen LogP contribution >= 0.6 is 0 Å². The van der Waals surface area contributed by atoms with E-state index in [1.807, 2.05) is 4.90 Å². The number of hydrogen-bond acceptors (Lipinski definition) is 6. The van der Waals surface area contributed by atoms with Crippen LogP contribution in [0.5, 0.6) is 0 Å². The van der Waals surface area contributed by atoms with E-state index in [0.29, 0.717) is 44.5 Å². The van der Waals surface area contributed by atoms with Gasteiger partial charge in [0.2, 0.25) is 0 Å². The van der Waals surface area contributed by atoms with Gasteiger partial charge in [0.1, 0.15) is 5.69 Å². The second-order valence-corrected chi connectivity index (χ2v) is 8.69. The highest BCUT2D eigenvalue weighted by Crippen LogP contribution is 2.46. The topological polar surface area (TPSA) is 84.9 Å². The summed E-state index contributed by atoms with van der Waals surface area (Å²) >= 11 is 0. The number of nitrogens with zero attached hydrogens (tertiary/aromatic N) is 4. The number of carbonyl (C=O) groups is 2. The molecule has 156 valence electrons. The van der Waals surface area contributed by atoms with Crippen LogP contribution < -0.4 is 0 Å². The van der Waals surface area contributed by atoms with Crippen LogP contribution in [0.15, 0.2) is 18.6 Å². The lowest BCUT2D eigenvalue weighted by molar-refractivity contribution is -0.219. The molecule has 1 unspecified atom stereocenters. The van der Waals surface area contributed by atoms with Gasteiger partial charge in [0.05, 0.1) is 18.3 Å². The van der Waals surface area contributed by atoms with Gasteiger partial charge in [-0.1, -0.05) is 0 Å². The number of hydrogen-bond donors (Lipinski definition) is 0. The van der Waals surface area contributed by atoms with Gasteiger partial charge >= 0.3 is 0 Å². The second-order valence-electron chi connectivity index (χ2n) is 8.69. The van der Waals surface area contributed by atoms with Gasteiger partial charge in [0, 0.05) is 44.7 Å². The summed E-state index contributed by atoms with van der Waals surface area (Å²) < 4.78 is 11.7. The quantitative estimate of drug-likeness (QED) is 0.692. The molecule has 29 heavy (non-hydrogen) atoms. The maximum absolute atomic E-state index is 13.1. The van der Waals surface area contributed by atoms with Crippen molar-refractivity contribution in [2.24, 2.45) is 5.92 Å². The number of amides is 2. The van der Waals surface area contributed by atoms with Gasteiger partial charge in [-0.05, 0) is 44.4 Å². The molecule has 3 aliphatic heterocycles. The van der Waals surface area contributed by atoms with Crippen molar-refractivity contribution in [2.45, 2.75) is 56.2 Å². The molecule has 8 nitrogen and oxygen atoms in total. The van der Waals surface area contributed by atoms with E-state index in [4.69, 9.17) is 9.47 Å². The average molecular weight is 400 g/mol. The fourth-order valence-electron chi connectivity index (χ4n) is 5.05. The molecule has 1 atom stereocenters. The van der Waals surface area contributed by atoms with Crippen LogP contribution in [-0.2, 0) is 14.3 Å². The van der Waals surface area contributed by atoms with Gasteiger partial charge in [-0.3, -0.25) is 14.6 Å². The first-order chi connectivity index (χ1) is 14.2. The normalized spacial score (nSPS) is 27.2. The molecule has 1 spiro atoms. The SMILES string of the molecule is O=C(c1cnccn1)N1CCC(N2C(=O)C(OCC3CC3)C23CCOCC3)CC1. The Kier molecular flexibility index (Phi) is 4.99. The molecule has 1 saturated carbocycles. The van der Waals surface area contributed by atoms with Crippen molar-refractivity contribution in [2.75, 3.05) is 32.9 Å². The van der Waals surface area contributed by atoms with Gasteiger partial charge in [0.15, 0.2) is 6.10 Å². The van der Waals surface area contributed by atoms with Crippen LogP contribution in [0.3, 0.4) is 0 Å². The Morgan fingerprint density at radius 3 is 2.59 bits per heavy atom. The van der Waals surface area contributed by atoms with E-state index in [-0.39, 0.29) is 29.5 Å². The molecule has 0 N–H and O–H groups in total. The zero-order valence-corrected chi connectivity index (χ0v) is 16.7. The molecular formula is C21H28N4O4. The molecule has 4 fully saturated rings. The number of ether oxygens (including phenoxy) is 2. The van der Waals surface area contributed by atoms with Gasteiger partial charge in [-0.2, -0.15) is 0 Å². The van der Waals surface area contributed by atoms with Gasteiger partial charge in [-0.15, -0.1) is 0 Å². The van der Waals surface area contributed by atoms with E-state index in [2.05, 4.69) is 14.9 Å². The summed E-state index contributed by atoms with van der Waals surface area (Å²) in [7, 11) is 0. The third-order valence-electron chi connectivity index (χ3n) is 6.88. The Labute approximate surface area is 170 Å². The first kappa shape index (κ1) is 18.9. The van der Waals surface area contributed by atoms with Crippen molar-refractivity contribution in [1.29, 1.82) is 0 Å². The molecular weight excluding hydrogens is 372 g/mol. The minimum absolute atomic E-state index is 0.0853. The summed E-state index contributed by atoms with van der Waals surface area (Å²) in [6.45, 7) is 3.32. The Morgan fingerprint density at radius 2 is 1.93 bits per heavy atom. The van der Waals surface area contributed by atoms with E-state index in [1.165, 1.54) is 25.2 Å². The molecule has 1 aromatic rings. The van der Waals surface area contributed by atoms with E-state index < -0.39 is 0 Å². The van der Waals surface area contributed by atoms with Crippen LogP contribution in [-0.4, -0.2) is 82.2 Å². The fraction of sp³-hybridized carbons (Fsp3) is 0.714. The van der Waals surface area contributed by atoms with Crippen molar-refractivity contribution in [3.05, 3.63) is 24.3 Å². The maximum Gasteiger partial charge on any atom is 0.274 e. The van der Waals surface area contributed by atoms with Crippen LogP contribution in [0.4, 0.5) is 0 Å². The fourth-order valence-corrected chi connectivity index (χ4v) is 5.05. The molecule has 4 aliphatic rings. The summed E-state index contributed by atoms with van der Waals surface area (Å²) in [5, 5.41) is 0. The Bertz CT molecular complexity index is 755. The summed E-state index contributed by atoms with van der Waals surface area (Å²) in [5.74, 6) is 0.688. The van der Waals surface area contributed by atoms with Crippen LogP contribution in [0, 0.1) is 5.92 Å². The first-order valence-electron chi connectivity index (χ1n) is 10.8. The molecule has 2 amide bonds. The van der Waals surface area contributed by atoms with Crippen molar-refractivity contribution >= 4 is 11.8 Å². The molecule has 5 rings (SSSR count). The third kappa shape index (κ3) is 3.42. The first-order valence-corrected chi connectivity index (χ1v) is 10.8. The average Bonchev–Trinajstić information content (AvgIpc) is 3.60. The standard InChI is InChI=1S/C21H28N4O4/c26-19(17-13-22-7-8-23-17)24-9-3-16(4-10-24)25-20(27)18(29-14-15-1-2-15)21(25)5-11-28-12-6-21/h7-8,13,15-16,18H,1-6,9-12,14H2. The minimum Gasteiger partial charge on any atom is -0.381 e. The number of rotatable bonds is 5. The van der Waals surface area contributed by atoms with E-state index in [9.17, 15) is 9.59 Å². The predicted octanol–water partition coefficient (Wildman–Crippen LogP) is 1.27. The Morgan fingerprint density at radius 1 is 1.17 bits per heavy atom. The Hall–Kier alpha value is -2.06. The lowest BCUT2D eigenvalue weighted by Crippen LogP contribution is -2.79. The smallest absolute Gasteiger partial charge is 0.274 e. The summed E-state index contributed by atoms with van der Waals surface area (Å²) in [4.78, 5) is 37.7. The second kappa shape index (κ2) is 7.65. The van der Waals surface area contributed by atoms with Crippen molar-refractivity contribution in [3.8, 4) is 0 Å². The molecule has 4 heterocycles. The Balaban J connectivity index is 1.24. The highest BCUT2D eigenvalue weighted by Gasteiger charge is 2.63. The van der Waals surface area contributed by atoms with E-state index in [0.717, 1.165) is 25.7 Å². The maximum atomic E-state index is 13.1. The predicted molar refractivity (Wildman–Crippen MR) is 103 cm³/mol. The van der Waals surface area contributed by atoms with Gasteiger partial charge in [0.25, 0.3) is 11.8 Å². The lowest BCUT2D eigenvalue weighted by atomic mass is 9.72. The van der Waals surface area contributed by atoms with Crippen LogP contribution in [0.2, 0.25) is 0 Å². The summed E-state index contributed by atoms with van der Waals surface area (Å²) in [5.41, 5.74) is 0.159.